The predicted octanol–water partition coefficient (Wildman–Crippen LogP) is 12.9. The highest BCUT2D eigenvalue weighted by Gasteiger charge is 2.49. The number of ether oxygens (including phenoxy) is 1. The Kier molecular flexibility index (Phi) is 54.7. The summed E-state index contributed by atoms with van der Waals surface area (Å²) in [5.41, 5.74) is 20.3. The topological polar surface area (TPSA) is 311 Å². The van der Waals surface area contributed by atoms with Crippen molar-refractivity contribution in [1.29, 1.82) is 5.41 Å². The van der Waals surface area contributed by atoms with Crippen LogP contribution in [0.3, 0.4) is 0 Å². The van der Waals surface area contributed by atoms with Gasteiger partial charge in [0.1, 0.15) is 19.1 Å². The summed E-state index contributed by atoms with van der Waals surface area (Å²) < 4.78 is 5.74. The number of carbonyl (C=O) groups excluding carboxylic acids is 4. The van der Waals surface area contributed by atoms with Crippen molar-refractivity contribution in [3.05, 3.63) is 263 Å². The molecule has 11 fully saturated rings. The first kappa shape index (κ1) is 120. The maximum absolute atomic E-state index is 11.8. The lowest BCUT2D eigenvalue weighted by molar-refractivity contribution is -0.940. The molecular weight excluding hydrogens is 1840 g/mol. The third kappa shape index (κ3) is 39.2. The van der Waals surface area contributed by atoms with Crippen LogP contribution in [0.25, 0.3) is 0 Å². The number of carboxylic acids is 3. The van der Waals surface area contributed by atoms with Crippen molar-refractivity contribution in [1.82, 2.24) is 24.5 Å². The Balaban J connectivity index is 0.000000272. The molecule has 138 heavy (non-hydrogen) atoms. The van der Waals surface area contributed by atoms with Crippen LogP contribution in [-0.2, 0) is 38.3 Å². The molecule has 6 bridgehead atoms. The lowest BCUT2D eigenvalue weighted by Gasteiger charge is -2.42. The average Bonchev–Trinajstić information content (AvgIpc) is 1.61. The Morgan fingerprint density at radius 3 is 1.30 bits per heavy atom. The Bertz CT molecular complexity index is 4600. The number of nitrogens with zero attached hydrogens (tertiary/aromatic N) is 6. The van der Waals surface area contributed by atoms with Crippen molar-refractivity contribution in [2.75, 3.05) is 137 Å². The van der Waals surface area contributed by atoms with Crippen LogP contribution in [-0.4, -0.2) is 240 Å². The predicted molar refractivity (Wildman–Crippen MR) is 555 cm³/mol. The van der Waals surface area contributed by atoms with Gasteiger partial charge in [0, 0.05) is 149 Å². The number of methoxy groups -OCH3 is 1. The Hall–Kier alpha value is -8.31. The van der Waals surface area contributed by atoms with Gasteiger partial charge < -0.3 is 73.6 Å². The fourth-order valence-corrected chi connectivity index (χ4v) is 21.2. The van der Waals surface area contributed by atoms with Gasteiger partial charge in [-0.25, -0.2) is 4.79 Å². The number of ketones is 2. The van der Waals surface area contributed by atoms with E-state index in [4.69, 9.17) is 53.6 Å². The number of hydrogen-bond acceptors (Lipinski definition) is 16. The number of carboxylic acid groups (broad SMARTS) is 3. The third-order valence-corrected chi connectivity index (χ3v) is 29.7. The van der Waals surface area contributed by atoms with Crippen LogP contribution in [0, 0.1) is 52.8 Å². The number of Topliss-reactive ketones (excluding diaryl/α,β-unsaturated/α-hetero) is 2. The molecule has 11 N–H and O–H groups in total. The largest absolute Gasteiger partial charge is 1.00 e. The second kappa shape index (κ2) is 62.9. The van der Waals surface area contributed by atoms with Gasteiger partial charge in [-0.3, -0.25) is 48.4 Å². The molecule has 11 heterocycles. The summed E-state index contributed by atoms with van der Waals surface area (Å²) >= 11 is 5.90. The van der Waals surface area contributed by atoms with Crippen LogP contribution in [0.15, 0.2) is 224 Å². The molecule has 0 spiro atoms. The summed E-state index contributed by atoms with van der Waals surface area (Å²) in [5.74, 6) is 2.41. The Morgan fingerprint density at radius 1 is 0.514 bits per heavy atom. The van der Waals surface area contributed by atoms with E-state index in [0.717, 1.165) is 112 Å². The Labute approximate surface area is 852 Å². The van der Waals surface area contributed by atoms with E-state index in [1.807, 2.05) is 80.6 Å². The van der Waals surface area contributed by atoms with Gasteiger partial charge in [0.2, 0.25) is 5.91 Å². The number of rotatable bonds is 23. The summed E-state index contributed by atoms with van der Waals surface area (Å²) in [7, 11) is 1.46. The number of aliphatic carboxylic acids is 3. The number of halogens is 5. The number of quaternary nitrogens is 3. The summed E-state index contributed by atoms with van der Waals surface area (Å²) in [4.78, 5) is 91.2. The molecule has 0 aromatic heterocycles. The van der Waals surface area contributed by atoms with Gasteiger partial charge in [-0.2, -0.15) is 0 Å². The van der Waals surface area contributed by atoms with Crippen molar-refractivity contribution >= 4 is 96.4 Å². The molecule has 4 unspecified atom stereocenters. The van der Waals surface area contributed by atoms with E-state index in [1.54, 1.807) is 16.0 Å². The second-order valence-corrected chi connectivity index (χ2v) is 39.5. The second-order valence-electron chi connectivity index (χ2n) is 39.2. The van der Waals surface area contributed by atoms with Gasteiger partial charge in [-0.15, -0.1) is 48.8 Å². The van der Waals surface area contributed by atoms with Crippen molar-refractivity contribution in [2.24, 2.45) is 58.8 Å². The van der Waals surface area contributed by atoms with E-state index in [0.29, 0.717) is 97.0 Å². The Morgan fingerprint density at radius 2 is 0.913 bits per heavy atom. The highest BCUT2D eigenvalue weighted by Crippen LogP contribution is 2.41. The van der Waals surface area contributed by atoms with Crippen LogP contribution in [0.4, 0.5) is 0 Å². The molecule has 1 amide bonds. The number of piperidine rings is 3. The van der Waals surface area contributed by atoms with Gasteiger partial charge >= 0.3 is 23.9 Å². The highest BCUT2D eigenvalue weighted by molar-refractivity contribution is 6.18. The summed E-state index contributed by atoms with van der Waals surface area (Å²) in [6.07, 6.45) is 14.4. The quantitative estimate of drug-likeness (QED) is 0.00945. The average molecular weight is 2010 g/mol. The monoisotopic (exact) mass is 2000 g/mol. The first-order valence-corrected chi connectivity index (χ1v) is 49.7. The van der Waals surface area contributed by atoms with Crippen LogP contribution >= 0.6 is 48.8 Å². The SMILES string of the molecule is C=C(CC(=O)O)C(=O)O.COC(=O)C[C@H]1CCN([C@@H](C)c2ccccc2)C1.C[C@@H](c1ccccc1)N1CC[C@H](CC=N)C1.C[C@@H](c1ccccc1)N1CC[C@H](CCl)C1.C[C@@H](c1ccccc1)N1CC[C@H](CO)C1.C[C@@H](c1ccccc1)N1C[C@@H](C(=O)O)CC1=O.C[C@@H](c1ccccc1)[N+]12CC[C@H](CC(=O)C1)C2.C[C@H](N)c1ccccc1.Cl.Cl.Cl.NC1C[C@H]2CC[NH+](C1)C2.O=C1C[C@H]2CC[NH+](C1)C2.[Cl-]. The van der Waals surface area contributed by atoms with Crippen LogP contribution in [0.5, 0.6) is 0 Å². The van der Waals surface area contributed by atoms with Crippen molar-refractivity contribution in [3.63, 3.8) is 0 Å². The van der Waals surface area contributed by atoms with Gasteiger partial charge in [0.05, 0.1) is 77.3 Å². The molecular formula is C110H160Cl5N11O12+2. The number of aliphatic hydroxyl groups is 1. The van der Waals surface area contributed by atoms with E-state index < -0.39 is 30.2 Å². The van der Waals surface area contributed by atoms with Gasteiger partial charge in [0.15, 0.2) is 11.6 Å². The highest BCUT2D eigenvalue weighted by atomic mass is 35.5. The minimum absolute atomic E-state index is 0. The van der Waals surface area contributed by atoms with Crippen LogP contribution in [0.1, 0.15) is 220 Å². The molecule has 0 radical (unpaired) electrons. The number of hydrogen-bond donors (Lipinski definition) is 9. The molecule has 19 atom stereocenters. The minimum atomic E-state index is -1.27. The number of carbonyl (C=O) groups is 7. The van der Waals surface area contributed by atoms with E-state index in [9.17, 15) is 33.6 Å². The zero-order valence-electron chi connectivity index (χ0n) is 82.6. The molecule has 11 aliphatic rings. The molecule has 11 aliphatic heterocycles. The maximum atomic E-state index is 11.8. The molecule has 7 aromatic rings. The van der Waals surface area contributed by atoms with Gasteiger partial charge in [-0.05, 0) is 176 Å². The summed E-state index contributed by atoms with van der Waals surface area (Å²) in [6.45, 7) is 38.3. The molecule has 11 saturated heterocycles. The van der Waals surface area contributed by atoms with Crippen molar-refractivity contribution in [2.45, 2.75) is 187 Å². The minimum Gasteiger partial charge on any atom is -1.00 e. The van der Waals surface area contributed by atoms with E-state index >= 15 is 0 Å². The molecule has 18 rings (SSSR count). The van der Waals surface area contributed by atoms with Crippen molar-refractivity contribution in [3.8, 4) is 0 Å². The number of aliphatic hydroxyl groups excluding tert-OH is 1. The van der Waals surface area contributed by atoms with Gasteiger partial charge in [0.25, 0.3) is 0 Å². The fraction of sp³-hybridized carbons (Fsp3) is 0.527. The number of nitrogens with two attached hydrogens (primary N) is 2. The number of alkyl halides is 1. The zero-order chi connectivity index (χ0) is 96.6. The van der Waals surface area contributed by atoms with Gasteiger partial charge in [-0.1, -0.05) is 219 Å². The fourth-order valence-electron chi connectivity index (χ4n) is 21.0. The number of esters is 1. The van der Waals surface area contributed by atoms with E-state index in [2.05, 4.69) is 206 Å². The van der Waals surface area contributed by atoms with Crippen molar-refractivity contribution < 1.29 is 85.4 Å². The number of nitrogens with one attached hydrogen (secondary N) is 3. The number of amides is 1. The summed E-state index contributed by atoms with van der Waals surface area (Å²) in [6, 6.07) is 75.9. The standard InChI is InChI=1S/C15H21NO2.C15H20NO.C14H20N2.C13H18ClN.C13H15NO3.C13H19NO.C8H11N.C7H14N2.C7H11NO.C5H6O4.4ClH/c1-12(14-6-4-3-5-7-14)16-9-8-13(11-16)10-15(17)18-2;1-12(14-5-3-2-4-6-14)16-8-7-13(10-16)9-15(17)11-16;1-12(14-5-3-2-4-6-14)16-10-8-13(11-16)7-9-15;1-11(13-5-3-2-4-6-13)15-8-7-12(9-14)10-15;1-9(10-5-3-2-4-6-10)14-8-11(13(16)17)7-12(14)15;1-11(13-5-3-2-4-6-13)14-8-7-12(9-14)10-15;1-7(9)8-5-3-2-4-6-8;8-7-3-6-1-2-9(4-6)5-7;9-7-3-6-1-2-8(4-6)5-7;1-3(5(8)9)2-4(6)7;;;;/h3-7,12-13H,8-11H2,1-2H3;2-6,12-13H,7-11H2,1H3;2-6,9,12-13,15H,7-8,10-11H2,1H3;2-6,11-12H,7-10H2,1H3;2-6,9,11H,7-8H2,1H3,(H,16,17);2-6,11-12,15H,7-10H2,1H3;2-7H,9H2,1H3;6-7H,1-5,8H2;6H,1-5H2;1-2H2,(H,6,7)(H,8,9);4*1H/q;+1;;;;;;;;;;;;/p+1/t12-,13+;12-,13+,16?;12-,13-;11-,12+;9-,11-;11-,12-;7-;6-,7?;6-;;;;;/m000000011...../s1. The molecule has 7 aromatic carbocycles. The third-order valence-electron chi connectivity index (χ3n) is 29.3. The van der Waals surface area contributed by atoms with Crippen LogP contribution < -0.4 is 33.7 Å². The molecule has 28 heteroatoms. The lowest BCUT2D eigenvalue weighted by atomic mass is 9.96. The van der Waals surface area contributed by atoms with E-state index in [1.165, 1.54) is 143 Å². The lowest BCUT2D eigenvalue weighted by Crippen LogP contribution is -3.12. The summed E-state index contributed by atoms with van der Waals surface area (Å²) in [5, 5.41) is 41.3. The van der Waals surface area contributed by atoms with Crippen LogP contribution in [0.2, 0.25) is 0 Å². The number of likely N-dealkylation sites (tertiary alicyclic amines) is 5. The first-order chi connectivity index (χ1) is 64.4. The molecule has 23 nitrogen and oxygen atoms in total. The van der Waals surface area contributed by atoms with E-state index in [-0.39, 0.29) is 85.6 Å². The first-order valence-electron chi connectivity index (χ1n) is 49.2. The maximum Gasteiger partial charge on any atom is 0.331 e. The normalized spacial score (nSPS) is 25.0. The number of benzene rings is 7. The molecule has 760 valence electrons. The number of fused-ring (bicyclic) bond motifs is 6. The molecule has 0 aliphatic carbocycles. The molecule has 0 saturated carbocycles. The smallest absolute Gasteiger partial charge is 0.331 e. The zero-order valence-corrected chi connectivity index (χ0v) is 86.6.